The number of urea groups is 1. The van der Waals surface area contributed by atoms with Crippen molar-refractivity contribution < 1.29 is 4.79 Å². The summed E-state index contributed by atoms with van der Waals surface area (Å²) >= 11 is 11.8. The molecule has 2 amide bonds. The summed E-state index contributed by atoms with van der Waals surface area (Å²) in [5.74, 6) is 0. The molecule has 1 aliphatic carbocycles. The zero-order chi connectivity index (χ0) is 15.5. The van der Waals surface area contributed by atoms with Crippen LogP contribution >= 0.6 is 23.2 Å². The zero-order valence-electron chi connectivity index (χ0n) is 11.9. The Kier molecular flexibility index (Phi) is 4.55. The van der Waals surface area contributed by atoms with Crippen LogP contribution in [0.15, 0.2) is 42.5 Å². The van der Waals surface area contributed by atoms with Gasteiger partial charge in [0, 0.05) is 11.7 Å². The van der Waals surface area contributed by atoms with E-state index in [9.17, 15) is 4.79 Å². The van der Waals surface area contributed by atoms with Crippen LogP contribution in [0.4, 0.5) is 10.5 Å². The van der Waals surface area contributed by atoms with Crippen molar-refractivity contribution in [2.45, 2.75) is 25.3 Å². The Morgan fingerprint density at radius 3 is 2.59 bits per heavy atom. The van der Waals surface area contributed by atoms with Gasteiger partial charge in [0.2, 0.25) is 0 Å². The molecule has 0 heterocycles. The molecule has 22 heavy (non-hydrogen) atoms. The highest BCUT2D eigenvalue weighted by molar-refractivity contribution is 6.42. The number of carbonyl (C=O) groups is 1. The molecule has 2 aromatic carbocycles. The lowest BCUT2D eigenvalue weighted by Gasteiger charge is -2.25. The topological polar surface area (TPSA) is 41.1 Å². The Bertz CT molecular complexity index is 703. The van der Waals surface area contributed by atoms with E-state index in [1.807, 2.05) is 6.07 Å². The Labute approximate surface area is 139 Å². The van der Waals surface area contributed by atoms with Gasteiger partial charge in [-0.2, -0.15) is 0 Å². The molecule has 2 N–H and O–H groups in total. The molecule has 3 rings (SSSR count). The van der Waals surface area contributed by atoms with Gasteiger partial charge < -0.3 is 10.6 Å². The second-order valence-electron chi connectivity index (χ2n) is 5.44. The summed E-state index contributed by atoms with van der Waals surface area (Å²) in [6.07, 6.45) is 2.81. The van der Waals surface area contributed by atoms with Crippen molar-refractivity contribution in [2.24, 2.45) is 0 Å². The normalized spacial score (nSPS) is 16.7. The molecule has 1 aliphatic rings. The quantitative estimate of drug-likeness (QED) is 0.822. The summed E-state index contributed by atoms with van der Waals surface area (Å²) < 4.78 is 0. The van der Waals surface area contributed by atoms with Gasteiger partial charge in [-0.15, -0.1) is 0 Å². The second-order valence-corrected chi connectivity index (χ2v) is 6.25. The molecule has 0 aliphatic heterocycles. The summed E-state index contributed by atoms with van der Waals surface area (Å²) in [5.41, 5.74) is 3.32. The first-order chi connectivity index (χ1) is 10.6. The average molecular weight is 335 g/mol. The third-order valence-corrected chi connectivity index (χ3v) is 4.60. The minimum atomic E-state index is -0.220. The number of aryl methyl sites for hydroxylation is 1. The zero-order valence-corrected chi connectivity index (χ0v) is 13.4. The summed E-state index contributed by atoms with van der Waals surface area (Å²) in [5, 5.41) is 6.70. The fraction of sp³-hybridized carbons (Fsp3) is 0.235. The Morgan fingerprint density at radius 2 is 1.82 bits per heavy atom. The first kappa shape index (κ1) is 15.2. The van der Waals surface area contributed by atoms with Crippen molar-refractivity contribution in [1.29, 1.82) is 0 Å². The lowest BCUT2D eigenvalue weighted by molar-refractivity contribution is 0.247. The van der Waals surface area contributed by atoms with E-state index in [-0.39, 0.29) is 12.1 Å². The van der Waals surface area contributed by atoms with Gasteiger partial charge >= 0.3 is 6.03 Å². The maximum absolute atomic E-state index is 12.1. The van der Waals surface area contributed by atoms with Crippen LogP contribution in [0.25, 0.3) is 0 Å². The van der Waals surface area contributed by atoms with Crippen molar-refractivity contribution in [1.82, 2.24) is 5.32 Å². The SMILES string of the molecule is O=C(Nc1ccc(Cl)c(Cl)c1)N[C@@H]1CCc2ccccc2C1. The molecule has 0 unspecified atom stereocenters. The van der Waals surface area contributed by atoms with Crippen LogP contribution in [-0.4, -0.2) is 12.1 Å². The highest BCUT2D eigenvalue weighted by atomic mass is 35.5. The lowest BCUT2D eigenvalue weighted by Crippen LogP contribution is -2.41. The van der Waals surface area contributed by atoms with Gasteiger partial charge in [-0.25, -0.2) is 4.79 Å². The molecular formula is C17H16Cl2N2O. The predicted octanol–water partition coefficient (Wildman–Crippen LogP) is 4.67. The van der Waals surface area contributed by atoms with Gasteiger partial charge in [0.1, 0.15) is 0 Å². The molecule has 114 valence electrons. The van der Waals surface area contributed by atoms with Gasteiger partial charge in [-0.1, -0.05) is 47.5 Å². The Hall–Kier alpha value is -1.71. The number of amides is 2. The van der Waals surface area contributed by atoms with E-state index in [4.69, 9.17) is 23.2 Å². The molecule has 0 spiro atoms. The van der Waals surface area contributed by atoms with Crippen LogP contribution in [-0.2, 0) is 12.8 Å². The largest absolute Gasteiger partial charge is 0.335 e. The van der Waals surface area contributed by atoms with E-state index < -0.39 is 0 Å². The van der Waals surface area contributed by atoms with Gasteiger partial charge in [0.15, 0.2) is 0 Å². The predicted molar refractivity (Wildman–Crippen MR) is 90.9 cm³/mol. The van der Waals surface area contributed by atoms with Crippen LogP contribution in [0.2, 0.25) is 10.0 Å². The fourth-order valence-corrected chi connectivity index (χ4v) is 3.05. The first-order valence-electron chi connectivity index (χ1n) is 7.21. The minimum Gasteiger partial charge on any atom is -0.335 e. The number of carbonyl (C=O) groups excluding carboxylic acids is 1. The molecular weight excluding hydrogens is 319 g/mol. The maximum atomic E-state index is 12.1. The Balaban J connectivity index is 1.59. The molecule has 3 nitrogen and oxygen atoms in total. The molecule has 0 radical (unpaired) electrons. The fourth-order valence-electron chi connectivity index (χ4n) is 2.75. The van der Waals surface area contributed by atoms with Crippen LogP contribution in [0, 0.1) is 0 Å². The van der Waals surface area contributed by atoms with Gasteiger partial charge in [-0.05, 0) is 48.6 Å². The monoisotopic (exact) mass is 334 g/mol. The maximum Gasteiger partial charge on any atom is 0.319 e. The van der Waals surface area contributed by atoms with Crippen molar-refractivity contribution in [3.8, 4) is 0 Å². The smallest absolute Gasteiger partial charge is 0.319 e. The molecule has 0 saturated heterocycles. The molecule has 0 saturated carbocycles. The van der Waals surface area contributed by atoms with Crippen LogP contribution in [0.5, 0.6) is 0 Å². The summed E-state index contributed by atoms with van der Waals surface area (Å²) in [4.78, 5) is 12.1. The lowest BCUT2D eigenvalue weighted by atomic mass is 9.88. The van der Waals surface area contributed by atoms with Gasteiger partial charge in [0.25, 0.3) is 0 Å². The number of hydrogen-bond acceptors (Lipinski definition) is 1. The number of nitrogens with one attached hydrogen (secondary N) is 2. The summed E-state index contributed by atoms with van der Waals surface area (Å²) in [6, 6.07) is 13.3. The standard InChI is InChI=1S/C17H16Cl2N2O/c18-15-8-7-14(10-16(15)19)21-17(22)20-13-6-5-11-3-1-2-4-12(11)9-13/h1-4,7-8,10,13H,5-6,9H2,(H2,20,21,22)/t13-/m1/s1. The Morgan fingerprint density at radius 1 is 1.05 bits per heavy atom. The number of anilines is 1. The molecule has 0 aromatic heterocycles. The van der Waals surface area contributed by atoms with E-state index in [1.54, 1.807) is 18.2 Å². The number of fused-ring (bicyclic) bond motifs is 1. The molecule has 0 fully saturated rings. The minimum absolute atomic E-state index is 0.151. The van der Waals surface area contributed by atoms with Crippen molar-refractivity contribution in [2.75, 3.05) is 5.32 Å². The third kappa shape index (κ3) is 3.54. The van der Waals surface area contributed by atoms with E-state index in [0.29, 0.717) is 15.7 Å². The third-order valence-electron chi connectivity index (χ3n) is 3.86. The van der Waals surface area contributed by atoms with Gasteiger partial charge in [-0.3, -0.25) is 0 Å². The highest BCUT2D eigenvalue weighted by Crippen LogP contribution is 2.25. The van der Waals surface area contributed by atoms with E-state index in [1.165, 1.54) is 11.1 Å². The number of benzene rings is 2. The van der Waals surface area contributed by atoms with Crippen molar-refractivity contribution >= 4 is 34.9 Å². The van der Waals surface area contributed by atoms with Crippen LogP contribution in [0.1, 0.15) is 17.5 Å². The highest BCUT2D eigenvalue weighted by Gasteiger charge is 2.19. The van der Waals surface area contributed by atoms with E-state index >= 15 is 0 Å². The van der Waals surface area contributed by atoms with E-state index in [0.717, 1.165) is 19.3 Å². The molecule has 0 bridgehead atoms. The first-order valence-corrected chi connectivity index (χ1v) is 7.97. The van der Waals surface area contributed by atoms with Crippen LogP contribution in [0.3, 0.4) is 0 Å². The van der Waals surface area contributed by atoms with E-state index in [2.05, 4.69) is 28.8 Å². The summed E-state index contributed by atoms with van der Waals surface area (Å²) in [6.45, 7) is 0. The molecule has 1 atom stereocenters. The number of halogens is 2. The van der Waals surface area contributed by atoms with Crippen molar-refractivity contribution in [3.05, 3.63) is 63.6 Å². The average Bonchev–Trinajstić information content (AvgIpc) is 2.51. The molecule has 5 heteroatoms. The molecule has 2 aromatic rings. The number of rotatable bonds is 2. The number of hydrogen-bond donors (Lipinski definition) is 2. The second kappa shape index (κ2) is 6.59. The van der Waals surface area contributed by atoms with Crippen molar-refractivity contribution in [3.63, 3.8) is 0 Å². The van der Waals surface area contributed by atoms with Crippen LogP contribution < -0.4 is 10.6 Å². The summed E-state index contributed by atoms with van der Waals surface area (Å²) in [7, 11) is 0. The van der Waals surface area contributed by atoms with Gasteiger partial charge in [0.05, 0.1) is 10.0 Å².